The average molecular weight is 1040 g/mol. The normalized spacial score (nSPS) is 37.7. The minimum atomic E-state index is -2.45. The number of carbonyl (C=O) groups excluding carboxylic acids is 5. The van der Waals surface area contributed by atoms with Crippen molar-refractivity contribution in [3.63, 3.8) is 0 Å². The van der Waals surface area contributed by atoms with Gasteiger partial charge in [0.05, 0.1) is 18.3 Å². The zero-order valence-corrected chi connectivity index (χ0v) is 46.0. The molecule has 3 fully saturated rings. The van der Waals surface area contributed by atoms with Crippen molar-refractivity contribution in [2.45, 2.75) is 199 Å². The highest BCUT2D eigenvalue weighted by molar-refractivity contribution is 6.39. The van der Waals surface area contributed by atoms with Crippen LogP contribution in [0.2, 0.25) is 0 Å². The van der Waals surface area contributed by atoms with Gasteiger partial charge >= 0.3 is 11.9 Å². The fourth-order valence-electron chi connectivity index (χ4n) is 11.2. The first-order valence-corrected chi connectivity index (χ1v) is 26.9. The van der Waals surface area contributed by atoms with Crippen molar-refractivity contribution in [2.24, 2.45) is 40.6 Å². The van der Waals surface area contributed by atoms with E-state index >= 15 is 0 Å². The van der Waals surface area contributed by atoms with Crippen LogP contribution in [0.1, 0.15) is 138 Å². The Morgan fingerprint density at radius 2 is 1.65 bits per heavy atom. The molecule has 3 heterocycles. The topological polar surface area (TPSA) is 242 Å². The number of allylic oxidation sites excluding steroid dienone is 5. The Bertz CT molecular complexity index is 2040. The number of hydrogen-bond donors (Lipinski definition) is 2. The second kappa shape index (κ2) is 30.5. The Balaban J connectivity index is 1.72. The molecule has 3 aliphatic heterocycles. The number of ketones is 2. The Labute approximate surface area is 439 Å². The molecule has 2 N–H and O–H groups in total. The van der Waals surface area contributed by atoms with E-state index in [0.29, 0.717) is 82.8 Å². The lowest BCUT2D eigenvalue weighted by Crippen LogP contribution is -2.61. The number of methoxy groups -OCH3 is 4. The molecular weight excluding hydrogens is 953 g/mol. The molecule has 1 saturated carbocycles. The fourth-order valence-corrected chi connectivity index (χ4v) is 11.2. The molecule has 0 radical (unpaired) electrons. The number of Topliss-reactive ketones (excluding diaryl/α,β-unsaturated/α-hetero) is 2. The van der Waals surface area contributed by atoms with Gasteiger partial charge in [-0.05, 0) is 131 Å². The van der Waals surface area contributed by atoms with E-state index in [1.165, 1.54) is 12.0 Å². The molecule has 18 heteroatoms. The smallest absolute Gasteiger partial charge is 0.329 e. The summed E-state index contributed by atoms with van der Waals surface area (Å²) in [6, 6.07) is -1.98. The van der Waals surface area contributed by atoms with E-state index in [-0.39, 0.29) is 61.4 Å². The van der Waals surface area contributed by atoms with Gasteiger partial charge in [-0.25, -0.2) is 4.79 Å². The van der Waals surface area contributed by atoms with Gasteiger partial charge in [0.15, 0.2) is 5.78 Å². The third kappa shape index (κ3) is 17.4. The molecule has 4 rings (SSSR count). The maximum absolute atomic E-state index is 14.7. The van der Waals surface area contributed by atoms with Crippen LogP contribution in [0.25, 0.3) is 10.4 Å². The maximum Gasteiger partial charge on any atom is 0.329 e. The van der Waals surface area contributed by atoms with Gasteiger partial charge in [-0.3, -0.25) is 19.2 Å². The zero-order chi connectivity index (χ0) is 54.7. The number of fused-ring (bicyclic) bond motifs is 3. The molecule has 0 spiro atoms. The summed E-state index contributed by atoms with van der Waals surface area (Å²) < 4.78 is 41.0. The minimum Gasteiger partial charge on any atom is -0.461 e. The van der Waals surface area contributed by atoms with Crippen LogP contribution in [0.5, 0.6) is 0 Å². The van der Waals surface area contributed by atoms with Crippen molar-refractivity contribution in [2.75, 3.05) is 41.6 Å². The molecule has 416 valence electrons. The molecule has 0 unspecified atom stereocenters. The van der Waals surface area contributed by atoms with E-state index in [4.69, 9.17) is 33.2 Å². The lowest BCUT2D eigenvalue weighted by molar-refractivity contribution is -0.265. The van der Waals surface area contributed by atoms with Gasteiger partial charge in [-0.1, -0.05) is 76.2 Å². The highest BCUT2D eigenvalue weighted by Crippen LogP contribution is 2.38. The van der Waals surface area contributed by atoms with Gasteiger partial charge in [0, 0.05) is 77.2 Å². The minimum absolute atomic E-state index is 0.00389. The van der Waals surface area contributed by atoms with Gasteiger partial charge in [0.25, 0.3) is 11.7 Å². The number of aliphatic hydroxyl groups is 2. The number of carbonyl (C=O) groups is 5. The third-order valence-corrected chi connectivity index (χ3v) is 15.8. The van der Waals surface area contributed by atoms with E-state index in [9.17, 15) is 39.7 Å². The predicted octanol–water partition coefficient (Wildman–Crippen LogP) is 8.27. The van der Waals surface area contributed by atoms with E-state index in [0.717, 1.165) is 5.57 Å². The molecule has 0 aromatic heterocycles. The van der Waals surface area contributed by atoms with Gasteiger partial charge in [0.1, 0.15) is 30.5 Å². The van der Waals surface area contributed by atoms with Crippen LogP contribution in [0.3, 0.4) is 0 Å². The zero-order valence-electron chi connectivity index (χ0n) is 46.0. The summed E-state index contributed by atoms with van der Waals surface area (Å²) in [5.74, 6) is -7.94. The van der Waals surface area contributed by atoms with Crippen molar-refractivity contribution in [3.05, 3.63) is 58.0 Å². The molecule has 4 aliphatic rings. The summed E-state index contributed by atoms with van der Waals surface area (Å²) in [7, 11) is 6.13. The third-order valence-electron chi connectivity index (χ3n) is 15.8. The van der Waals surface area contributed by atoms with E-state index < -0.39 is 89.9 Å². The van der Waals surface area contributed by atoms with Crippen molar-refractivity contribution in [1.82, 2.24) is 4.90 Å². The summed E-state index contributed by atoms with van der Waals surface area (Å²) in [4.78, 5) is 74.4. The fraction of sp³-hybridized carbons (Fsp3) is 0.768. The first-order valence-electron chi connectivity index (χ1n) is 26.9. The van der Waals surface area contributed by atoms with Gasteiger partial charge in [-0.15, -0.1) is 0 Å². The van der Waals surface area contributed by atoms with Gasteiger partial charge < -0.3 is 48.3 Å². The first kappa shape index (κ1) is 62.3. The largest absolute Gasteiger partial charge is 0.461 e. The molecule has 74 heavy (non-hydrogen) atoms. The van der Waals surface area contributed by atoms with Crippen LogP contribution in [-0.4, -0.2) is 147 Å². The monoisotopic (exact) mass is 1040 g/mol. The van der Waals surface area contributed by atoms with Crippen LogP contribution in [0.4, 0.5) is 0 Å². The SMILES string of the molecule is COCCCC(=O)O[C@@H]1CC[C@@H](C[C@@H](C)[C@@H]2C[C@H](N=[N+]=[N-])[C@H](C)/C=C(\C)[C@@H](O)[C@@H](OC)C(=O)[C@H](C)C[C@H](C)/C=C/C=C/C=C(\C)[C@@H](OC)C[C@@H]3CC[C@@H](C)[C@@](O)(O3)C(=O)C(=O)N3CCCC[C@H]3C(=O)O2)C[C@H]1OC. The Morgan fingerprint density at radius 3 is 2.32 bits per heavy atom. The summed E-state index contributed by atoms with van der Waals surface area (Å²) in [6.07, 6.45) is 12.3. The van der Waals surface area contributed by atoms with E-state index in [1.54, 1.807) is 41.3 Å². The summed E-state index contributed by atoms with van der Waals surface area (Å²) >= 11 is 0. The van der Waals surface area contributed by atoms with Crippen LogP contribution < -0.4 is 0 Å². The van der Waals surface area contributed by atoms with Crippen LogP contribution in [-0.2, 0) is 57.1 Å². The average Bonchev–Trinajstić information content (AvgIpc) is 3.37. The van der Waals surface area contributed by atoms with E-state index in [2.05, 4.69) is 10.0 Å². The van der Waals surface area contributed by atoms with Crippen LogP contribution in [0.15, 0.2) is 52.7 Å². The number of aliphatic hydroxyl groups excluding tert-OH is 1. The summed E-state index contributed by atoms with van der Waals surface area (Å²) in [6.45, 7) is 13.4. The van der Waals surface area contributed by atoms with Gasteiger partial charge in [0.2, 0.25) is 5.79 Å². The number of rotatable bonds is 12. The molecule has 18 nitrogen and oxygen atoms in total. The van der Waals surface area contributed by atoms with Crippen LogP contribution >= 0.6 is 0 Å². The van der Waals surface area contributed by atoms with E-state index in [1.807, 2.05) is 65.0 Å². The molecule has 0 aromatic carbocycles. The Hall–Kier alpha value is -4.26. The molecule has 1 aliphatic carbocycles. The molecule has 2 saturated heterocycles. The standard InChI is InChI=1S/C56H88N4O14/c1-34-18-13-12-14-19-35(2)46(69-9)32-42-24-22-40(7)56(67,74-42)53(64)54(65)60-26-16-15-20-44(60)55(66)73-47(37(4)30-41-23-25-45(48(31-41)70-10)72-49(61)21-17-27-68-8)33-43(58-59-57)36(3)29-39(6)51(63)52(71-11)50(62)38(5)28-34/h12-14,18-19,29,34,36-38,40-48,51-52,63,67H,15-17,20-28,30-33H2,1-11H3/b14-12+,18-13+,35-19+,39-29+/t34-,36-,37-,38-,40-,41+,42+,43+,44+,45-,46+,47+,48-,51-,52+,56-/m1/s1. The number of ether oxygens (including phenoxy) is 7. The summed E-state index contributed by atoms with van der Waals surface area (Å²) in [5, 5.41) is 27.9. The quantitative estimate of drug-likeness (QED) is 0.0356. The Morgan fingerprint density at radius 1 is 0.905 bits per heavy atom. The number of amides is 1. The van der Waals surface area contributed by atoms with Crippen LogP contribution in [0, 0.1) is 35.5 Å². The van der Waals surface area contributed by atoms with Crippen molar-refractivity contribution >= 4 is 29.4 Å². The second-order valence-corrected chi connectivity index (χ2v) is 21.6. The molecule has 2 bridgehead atoms. The molecule has 16 atom stereocenters. The molecule has 1 amide bonds. The van der Waals surface area contributed by atoms with Crippen molar-refractivity contribution < 1.29 is 67.3 Å². The number of azide groups is 1. The molecule has 0 aromatic rings. The Kier molecular flexibility index (Phi) is 25.6. The van der Waals surface area contributed by atoms with Crippen molar-refractivity contribution in [3.8, 4) is 0 Å². The lowest BCUT2D eigenvalue weighted by Gasteiger charge is -2.43. The predicted molar refractivity (Wildman–Crippen MR) is 278 cm³/mol. The number of nitrogens with zero attached hydrogens (tertiary/aromatic N) is 4. The number of hydrogen-bond acceptors (Lipinski definition) is 15. The molecular formula is C56H88N4O14. The number of cyclic esters (lactones) is 1. The number of esters is 2. The maximum atomic E-state index is 14.7. The van der Waals surface area contributed by atoms with Gasteiger partial charge in [-0.2, -0.15) is 0 Å². The summed E-state index contributed by atoms with van der Waals surface area (Å²) in [5.41, 5.74) is 11.2. The lowest BCUT2D eigenvalue weighted by atomic mass is 9.78. The van der Waals surface area contributed by atoms with Crippen molar-refractivity contribution in [1.29, 1.82) is 0 Å². The highest BCUT2D eigenvalue weighted by atomic mass is 16.6. The number of piperidine rings is 1. The highest BCUT2D eigenvalue weighted by Gasteiger charge is 2.53. The second-order valence-electron chi connectivity index (χ2n) is 21.6. The first-order chi connectivity index (χ1) is 35.2.